The minimum atomic E-state index is -0.841. The van der Waals surface area contributed by atoms with Gasteiger partial charge in [0.1, 0.15) is 17.3 Å². The number of ether oxygens (including phenoxy) is 2. The normalized spacial score (nSPS) is 13.7. The highest BCUT2D eigenvalue weighted by Crippen LogP contribution is 2.30. The summed E-state index contributed by atoms with van der Waals surface area (Å²) < 4.78 is 25.0. The molecule has 1 saturated heterocycles. The van der Waals surface area contributed by atoms with Crippen LogP contribution in [0.4, 0.5) is 21.7 Å². The second-order valence-corrected chi connectivity index (χ2v) is 6.05. The van der Waals surface area contributed by atoms with Crippen LogP contribution in [0.5, 0.6) is 11.5 Å². The number of piperazine rings is 1. The summed E-state index contributed by atoms with van der Waals surface area (Å²) in [7, 11) is 3.01. The smallest absolute Gasteiger partial charge is 0.252 e. The number of anilines is 3. The molecule has 2 aromatic rings. The van der Waals surface area contributed by atoms with Crippen LogP contribution in [-0.4, -0.2) is 50.7 Å². The molecule has 0 atom stereocenters. The van der Waals surface area contributed by atoms with Crippen molar-refractivity contribution >= 4 is 29.1 Å². The Morgan fingerprint density at radius 2 is 1.93 bits per heavy atom. The van der Waals surface area contributed by atoms with Crippen molar-refractivity contribution in [3.8, 4) is 11.5 Å². The molecule has 2 heterocycles. The second kappa shape index (κ2) is 7.99. The van der Waals surface area contributed by atoms with Gasteiger partial charge >= 0.3 is 0 Å². The number of halogens is 1. The van der Waals surface area contributed by atoms with E-state index in [1.807, 2.05) is 0 Å². The Labute approximate surface area is 160 Å². The SMILES string of the molecule is COc1cc(Nc2nc(N3CCNC(=O)C3)c(F)cc2C(N)=O)cc(OC)c1. The third kappa shape index (κ3) is 4.05. The molecule has 148 valence electrons. The summed E-state index contributed by atoms with van der Waals surface area (Å²) in [5, 5.41) is 5.62. The maximum absolute atomic E-state index is 14.6. The maximum atomic E-state index is 14.6. The largest absolute Gasteiger partial charge is 0.497 e. The van der Waals surface area contributed by atoms with Gasteiger partial charge < -0.3 is 30.7 Å². The van der Waals surface area contributed by atoms with Crippen molar-refractivity contribution in [1.29, 1.82) is 0 Å². The Morgan fingerprint density at radius 3 is 2.50 bits per heavy atom. The summed E-state index contributed by atoms with van der Waals surface area (Å²) in [5.41, 5.74) is 5.77. The number of hydrogen-bond donors (Lipinski definition) is 3. The first-order valence-electron chi connectivity index (χ1n) is 8.43. The minimum absolute atomic E-state index is 0.0355. The van der Waals surface area contributed by atoms with E-state index in [1.165, 1.54) is 19.1 Å². The van der Waals surface area contributed by atoms with Crippen LogP contribution < -0.4 is 30.7 Å². The Morgan fingerprint density at radius 1 is 1.25 bits per heavy atom. The highest BCUT2D eigenvalue weighted by atomic mass is 19.1. The topological polar surface area (TPSA) is 119 Å². The van der Waals surface area contributed by atoms with Crippen LogP contribution in [0.25, 0.3) is 0 Å². The summed E-state index contributed by atoms with van der Waals surface area (Å²) in [6.07, 6.45) is 0. The highest BCUT2D eigenvalue weighted by molar-refractivity contribution is 5.98. The van der Waals surface area contributed by atoms with Gasteiger partial charge in [-0.15, -0.1) is 0 Å². The quantitative estimate of drug-likeness (QED) is 0.675. The number of nitrogens with zero attached hydrogens (tertiary/aromatic N) is 2. The first-order chi connectivity index (χ1) is 13.4. The van der Waals surface area contributed by atoms with Crippen molar-refractivity contribution < 1.29 is 23.5 Å². The number of amides is 2. The fourth-order valence-corrected chi connectivity index (χ4v) is 2.82. The van der Waals surface area contributed by atoms with Crippen molar-refractivity contribution in [1.82, 2.24) is 10.3 Å². The Kier molecular flexibility index (Phi) is 5.48. The Hall–Kier alpha value is -3.56. The summed E-state index contributed by atoms with van der Waals surface area (Å²) in [5.74, 6) is -0.778. The molecule has 0 spiro atoms. The molecule has 1 aromatic carbocycles. The molecule has 1 fully saturated rings. The van der Waals surface area contributed by atoms with E-state index in [9.17, 15) is 14.0 Å². The van der Waals surface area contributed by atoms with Crippen molar-refractivity contribution in [2.45, 2.75) is 0 Å². The van der Waals surface area contributed by atoms with Gasteiger partial charge in [0.25, 0.3) is 5.91 Å². The van der Waals surface area contributed by atoms with Crippen LogP contribution in [-0.2, 0) is 4.79 Å². The van der Waals surface area contributed by atoms with Crippen LogP contribution in [0, 0.1) is 5.82 Å². The number of nitrogens with two attached hydrogens (primary N) is 1. The number of methoxy groups -OCH3 is 2. The first kappa shape index (κ1) is 19.2. The van der Waals surface area contributed by atoms with Gasteiger partial charge in [-0.2, -0.15) is 0 Å². The average Bonchev–Trinajstić information content (AvgIpc) is 2.68. The predicted octanol–water partition coefficient (Wildman–Crippen LogP) is 1.02. The molecule has 2 amide bonds. The number of rotatable bonds is 6. The third-order valence-corrected chi connectivity index (χ3v) is 4.18. The number of nitrogens with one attached hydrogen (secondary N) is 2. The lowest BCUT2D eigenvalue weighted by atomic mass is 10.2. The van der Waals surface area contributed by atoms with E-state index >= 15 is 0 Å². The summed E-state index contributed by atoms with van der Waals surface area (Å²) in [6, 6.07) is 6.01. The summed E-state index contributed by atoms with van der Waals surface area (Å²) >= 11 is 0. The van der Waals surface area contributed by atoms with Crippen molar-refractivity contribution in [2.24, 2.45) is 5.73 Å². The van der Waals surface area contributed by atoms with E-state index in [2.05, 4.69) is 15.6 Å². The number of hydrogen-bond acceptors (Lipinski definition) is 7. The zero-order chi connectivity index (χ0) is 20.3. The standard InChI is InChI=1S/C18H20FN5O4/c1-27-11-5-10(6-12(7-11)28-2)22-17-13(16(20)26)8-14(19)18(23-17)24-4-3-21-15(25)9-24/h5-8H,3-4,9H2,1-2H3,(H2,20,26)(H,21,25)(H,22,23). The number of primary amides is 1. The van der Waals surface area contributed by atoms with Crippen LogP contribution in [0.15, 0.2) is 24.3 Å². The fourth-order valence-electron chi connectivity index (χ4n) is 2.82. The molecule has 28 heavy (non-hydrogen) atoms. The number of carbonyl (C=O) groups excluding carboxylic acids is 2. The number of aromatic nitrogens is 1. The van der Waals surface area contributed by atoms with Crippen LogP contribution in [0.2, 0.25) is 0 Å². The van der Waals surface area contributed by atoms with Gasteiger partial charge in [-0.1, -0.05) is 0 Å². The lowest BCUT2D eigenvalue weighted by Gasteiger charge is -2.28. The second-order valence-electron chi connectivity index (χ2n) is 6.05. The third-order valence-electron chi connectivity index (χ3n) is 4.18. The molecule has 0 bridgehead atoms. The molecule has 0 saturated carbocycles. The molecule has 0 aliphatic carbocycles. The zero-order valence-corrected chi connectivity index (χ0v) is 15.4. The van der Waals surface area contributed by atoms with Gasteiger partial charge in [-0.05, 0) is 6.07 Å². The summed E-state index contributed by atoms with van der Waals surface area (Å²) in [6.45, 7) is 0.720. The van der Waals surface area contributed by atoms with E-state index in [0.717, 1.165) is 6.07 Å². The molecule has 1 aliphatic rings. The Bertz CT molecular complexity index is 899. The molecule has 3 rings (SSSR count). The van der Waals surface area contributed by atoms with Gasteiger partial charge in [-0.3, -0.25) is 9.59 Å². The van der Waals surface area contributed by atoms with Gasteiger partial charge in [-0.25, -0.2) is 9.37 Å². The monoisotopic (exact) mass is 389 g/mol. The van der Waals surface area contributed by atoms with E-state index in [1.54, 1.807) is 18.2 Å². The van der Waals surface area contributed by atoms with E-state index < -0.39 is 11.7 Å². The molecule has 0 radical (unpaired) electrons. The van der Waals surface area contributed by atoms with Gasteiger partial charge in [0.05, 0.1) is 26.3 Å². The van der Waals surface area contributed by atoms with E-state index in [4.69, 9.17) is 15.2 Å². The maximum Gasteiger partial charge on any atom is 0.252 e. The lowest BCUT2D eigenvalue weighted by Crippen LogP contribution is -2.48. The molecule has 1 aromatic heterocycles. The molecular formula is C18H20FN5O4. The molecule has 10 heteroatoms. The zero-order valence-electron chi connectivity index (χ0n) is 15.4. The fraction of sp³-hybridized carbons (Fsp3) is 0.278. The van der Waals surface area contributed by atoms with Crippen LogP contribution in [0.1, 0.15) is 10.4 Å². The van der Waals surface area contributed by atoms with Gasteiger partial charge in [0, 0.05) is 37.0 Å². The van der Waals surface area contributed by atoms with E-state index in [-0.39, 0.29) is 29.7 Å². The summed E-state index contributed by atoms with van der Waals surface area (Å²) in [4.78, 5) is 29.2. The molecule has 0 unspecified atom stereocenters. The molecule has 4 N–H and O–H groups in total. The van der Waals surface area contributed by atoms with Gasteiger partial charge in [0.2, 0.25) is 5.91 Å². The number of pyridine rings is 1. The van der Waals surface area contributed by atoms with Crippen LogP contribution >= 0.6 is 0 Å². The van der Waals surface area contributed by atoms with Crippen molar-refractivity contribution in [2.75, 3.05) is 44.1 Å². The van der Waals surface area contributed by atoms with Crippen LogP contribution in [0.3, 0.4) is 0 Å². The highest BCUT2D eigenvalue weighted by Gasteiger charge is 2.24. The van der Waals surface area contributed by atoms with Gasteiger partial charge in [0.15, 0.2) is 11.6 Å². The number of benzene rings is 1. The predicted molar refractivity (Wildman–Crippen MR) is 101 cm³/mol. The molecule has 1 aliphatic heterocycles. The first-order valence-corrected chi connectivity index (χ1v) is 8.43. The van der Waals surface area contributed by atoms with Crippen molar-refractivity contribution in [3.63, 3.8) is 0 Å². The molecule has 9 nitrogen and oxygen atoms in total. The average molecular weight is 389 g/mol. The lowest BCUT2D eigenvalue weighted by molar-refractivity contribution is -0.120. The Balaban J connectivity index is 2.02. The minimum Gasteiger partial charge on any atom is -0.497 e. The van der Waals surface area contributed by atoms with E-state index in [0.29, 0.717) is 30.3 Å². The number of carbonyl (C=O) groups is 2. The molecular weight excluding hydrogens is 369 g/mol. The van der Waals surface area contributed by atoms with Crippen molar-refractivity contribution in [3.05, 3.63) is 35.6 Å².